The predicted octanol–water partition coefficient (Wildman–Crippen LogP) is 7.75. The Balaban J connectivity index is 2.44. The van der Waals surface area contributed by atoms with Gasteiger partial charge in [-0.05, 0) is 38.5 Å². The van der Waals surface area contributed by atoms with Gasteiger partial charge in [0.15, 0.2) is 0 Å². The number of esters is 1. The van der Waals surface area contributed by atoms with Gasteiger partial charge in [0.2, 0.25) is 0 Å². The second-order valence-corrected chi connectivity index (χ2v) is 16.3. The average Bonchev–Trinajstić information content (AvgIpc) is 3.15. The second kappa shape index (κ2) is 32.9. The van der Waals surface area contributed by atoms with Crippen molar-refractivity contribution in [2.24, 2.45) is 0 Å². The first-order chi connectivity index (χ1) is 26.0. The molecule has 1 rings (SSSR count). The molecule has 0 saturated heterocycles. The molecule has 1 aliphatic carbocycles. The van der Waals surface area contributed by atoms with E-state index < -0.39 is 63.1 Å². The van der Waals surface area contributed by atoms with E-state index in [1.807, 2.05) is 0 Å². The van der Waals surface area contributed by atoms with E-state index in [1.165, 1.54) is 77.0 Å². The van der Waals surface area contributed by atoms with Crippen LogP contribution in [0.1, 0.15) is 168 Å². The lowest BCUT2D eigenvalue weighted by atomic mass is 9.85. The maximum Gasteiger partial charge on any atom is 0.472 e. The van der Waals surface area contributed by atoms with Crippen molar-refractivity contribution in [3.8, 4) is 0 Å². The minimum absolute atomic E-state index is 0.0807. The highest BCUT2D eigenvalue weighted by Gasteiger charge is 2.51. The van der Waals surface area contributed by atoms with Crippen molar-refractivity contribution in [3.05, 3.63) is 24.3 Å². The summed E-state index contributed by atoms with van der Waals surface area (Å²) in [5.74, 6) is -0.482. The fourth-order valence-electron chi connectivity index (χ4n) is 6.37. The van der Waals surface area contributed by atoms with Crippen molar-refractivity contribution in [2.75, 3.05) is 19.8 Å². The molecule has 0 aliphatic heterocycles. The second-order valence-electron chi connectivity index (χ2n) is 14.8. The molecule has 6 unspecified atom stereocenters. The van der Waals surface area contributed by atoms with Gasteiger partial charge in [0, 0.05) is 13.0 Å². The number of carbonyl (C=O) groups is 1. The SMILES string of the molecule is CCCC/C=C\C/C=C\CCCCCCCCOCC(COP(=O)(O)OC1C(O)C(O)C(O)C(O)C1O)OC(=O)CCCCCCCCCCCCCC. The number of unbranched alkanes of at least 4 members (excludes halogenated alkanes) is 19. The third-order valence-electron chi connectivity index (χ3n) is 9.83. The van der Waals surface area contributed by atoms with Crippen molar-refractivity contribution in [1.29, 1.82) is 0 Å². The molecule has 6 atom stereocenters. The zero-order valence-corrected chi connectivity index (χ0v) is 34.4. The van der Waals surface area contributed by atoms with Crippen LogP contribution in [-0.4, -0.2) is 98.9 Å². The normalized spacial score (nSPS) is 23.6. The molecular formula is C41H77O12P. The summed E-state index contributed by atoms with van der Waals surface area (Å²) in [7, 11) is -5.01. The molecule has 0 aromatic heterocycles. The van der Waals surface area contributed by atoms with Crippen molar-refractivity contribution in [2.45, 2.75) is 211 Å². The highest BCUT2D eigenvalue weighted by atomic mass is 31.2. The van der Waals surface area contributed by atoms with E-state index in [4.69, 9.17) is 18.5 Å². The number of ether oxygens (including phenoxy) is 2. The van der Waals surface area contributed by atoms with E-state index in [0.29, 0.717) is 13.0 Å². The fraction of sp³-hybridized carbons (Fsp3) is 0.878. The predicted molar refractivity (Wildman–Crippen MR) is 212 cm³/mol. The maximum atomic E-state index is 12.8. The van der Waals surface area contributed by atoms with Gasteiger partial charge in [-0.15, -0.1) is 0 Å². The molecule has 0 spiro atoms. The summed E-state index contributed by atoms with van der Waals surface area (Å²) in [6, 6.07) is 0. The van der Waals surface area contributed by atoms with Crippen LogP contribution < -0.4 is 0 Å². The van der Waals surface area contributed by atoms with Crippen LogP contribution >= 0.6 is 7.82 Å². The van der Waals surface area contributed by atoms with Gasteiger partial charge in [-0.3, -0.25) is 13.8 Å². The Labute approximate surface area is 326 Å². The number of aliphatic hydroxyl groups excluding tert-OH is 5. The molecule has 12 nitrogen and oxygen atoms in total. The van der Waals surface area contributed by atoms with Crippen LogP contribution in [0.25, 0.3) is 0 Å². The Kier molecular flexibility index (Phi) is 30.9. The number of phosphoric ester groups is 1. The smallest absolute Gasteiger partial charge is 0.457 e. The maximum absolute atomic E-state index is 12.8. The standard InChI is InChI=1S/C41H77O12P/c1-3-5-7-9-11-13-15-17-18-19-21-23-25-27-29-31-50-32-34(52-35(42)30-28-26-24-22-20-16-14-12-10-8-6-4-2)33-51-54(48,49)53-41-39(46)37(44)36(43)38(45)40(41)47/h9,11,15,17,34,36-41,43-47H,3-8,10,12-14,16,18-33H2,1-2H3,(H,48,49)/b11-9-,17-15-. The highest BCUT2D eigenvalue weighted by Crippen LogP contribution is 2.47. The first-order valence-electron chi connectivity index (χ1n) is 21.2. The molecule has 54 heavy (non-hydrogen) atoms. The molecule has 1 aliphatic rings. The lowest BCUT2D eigenvalue weighted by Crippen LogP contribution is -2.64. The van der Waals surface area contributed by atoms with Crippen LogP contribution in [0.4, 0.5) is 0 Å². The topological polar surface area (TPSA) is 192 Å². The Morgan fingerprint density at radius 1 is 0.593 bits per heavy atom. The van der Waals surface area contributed by atoms with E-state index in [9.17, 15) is 39.8 Å². The third-order valence-corrected chi connectivity index (χ3v) is 10.8. The fourth-order valence-corrected chi connectivity index (χ4v) is 7.34. The zero-order valence-electron chi connectivity index (χ0n) is 33.5. The Morgan fingerprint density at radius 3 is 1.61 bits per heavy atom. The van der Waals surface area contributed by atoms with Gasteiger partial charge in [-0.25, -0.2) is 4.57 Å². The van der Waals surface area contributed by atoms with Crippen LogP contribution in [0, 0.1) is 0 Å². The minimum Gasteiger partial charge on any atom is -0.457 e. The Morgan fingerprint density at radius 2 is 1.06 bits per heavy atom. The van der Waals surface area contributed by atoms with Crippen molar-refractivity contribution >= 4 is 13.8 Å². The van der Waals surface area contributed by atoms with Crippen LogP contribution in [0.2, 0.25) is 0 Å². The molecule has 6 N–H and O–H groups in total. The average molecular weight is 793 g/mol. The first kappa shape index (κ1) is 50.8. The molecule has 0 radical (unpaired) electrons. The van der Waals surface area contributed by atoms with Crippen LogP contribution in [0.15, 0.2) is 24.3 Å². The first-order valence-corrected chi connectivity index (χ1v) is 22.7. The van der Waals surface area contributed by atoms with Crippen LogP contribution in [-0.2, 0) is 27.9 Å². The zero-order chi connectivity index (χ0) is 39.9. The van der Waals surface area contributed by atoms with E-state index in [0.717, 1.165) is 64.2 Å². The van der Waals surface area contributed by atoms with Crippen LogP contribution in [0.5, 0.6) is 0 Å². The molecule has 1 fully saturated rings. The van der Waals surface area contributed by atoms with E-state index in [1.54, 1.807) is 0 Å². The summed E-state index contributed by atoms with van der Waals surface area (Å²) in [6.45, 7) is 4.18. The largest absolute Gasteiger partial charge is 0.472 e. The van der Waals surface area contributed by atoms with Crippen molar-refractivity contribution < 1.29 is 58.3 Å². The summed E-state index contributed by atoms with van der Waals surface area (Å²) in [6.07, 6.45) is 22.5. The van der Waals surface area contributed by atoms with Gasteiger partial charge < -0.3 is 39.9 Å². The molecule has 0 amide bonds. The molecule has 0 aromatic rings. The van der Waals surface area contributed by atoms with Gasteiger partial charge in [-0.2, -0.15) is 0 Å². The van der Waals surface area contributed by atoms with Gasteiger partial charge in [0.05, 0.1) is 13.2 Å². The number of rotatable bonds is 35. The van der Waals surface area contributed by atoms with E-state index in [-0.39, 0.29) is 13.0 Å². The molecule has 1 saturated carbocycles. The van der Waals surface area contributed by atoms with Crippen molar-refractivity contribution in [1.82, 2.24) is 0 Å². The molecule has 0 bridgehead atoms. The molecule has 318 valence electrons. The summed E-state index contributed by atoms with van der Waals surface area (Å²) in [4.78, 5) is 23.0. The molecule has 0 aromatic carbocycles. The monoisotopic (exact) mass is 793 g/mol. The quantitative estimate of drug-likeness (QED) is 0.0159. The van der Waals surface area contributed by atoms with Crippen molar-refractivity contribution in [3.63, 3.8) is 0 Å². The van der Waals surface area contributed by atoms with E-state index in [2.05, 4.69) is 38.2 Å². The highest BCUT2D eigenvalue weighted by molar-refractivity contribution is 7.47. The summed E-state index contributed by atoms with van der Waals surface area (Å²) < 4.78 is 34.1. The number of hydrogen-bond acceptors (Lipinski definition) is 11. The van der Waals surface area contributed by atoms with Gasteiger partial charge in [-0.1, -0.05) is 147 Å². The van der Waals surface area contributed by atoms with E-state index >= 15 is 0 Å². The Hall–Kier alpha value is -1.18. The van der Waals surface area contributed by atoms with Crippen LogP contribution in [0.3, 0.4) is 0 Å². The lowest BCUT2D eigenvalue weighted by molar-refractivity contribution is -0.220. The summed E-state index contributed by atoms with van der Waals surface area (Å²) in [5, 5.41) is 50.0. The number of phosphoric acid groups is 1. The number of aliphatic hydroxyl groups is 5. The number of carbonyl (C=O) groups excluding carboxylic acids is 1. The number of allylic oxidation sites excluding steroid dienone is 4. The lowest BCUT2D eigenvalue weighted by Gasteiger charge is -2.41. The van der Waals surface area contributed by atoms with Gasteiger partial charge >= 0.3 is 13.8 Å². The molecular weight excluding hydrogens is 715 g/mol. The summed E-state index contributed by atoms with van der Waals surface area (Å²) >= 11 is 0. The molecule has 13 heteroatoms. The van der Waals surface area contributed by atoms with Gasteiger partial charge in [0.25, 0.3) is 0 Å². The third kappa shape index (κ3) is 25.1. The molecule has 0 heterocycles. The van der Waals surface area contributed by atoms with Gasteiger partial charge in [0.1, 0.15) is 42.7 Å². The number of hydrogen-bond donors (Lipinski definition) is 6. The minimum atomic E-state index is -5.01. The summed E-state index contributed by atoms with van der Waals surface area (Å²) in [5.41, 5.74) is 0. The Bertz CT molecular complexity index is 995.